The molecule has 0 bridgehead atoms. The number of hydrogen-bond donors (Lipinski definition) is 0. The number of thioether (sulfide) groups is 1. The van der Waals surface area contributed by atoms with Crippen LogP contribution in [0.4, 0.5) is 13.2 Å². The first kappa shape index (κ1) is 21.3. The summed E-state index contributed by atoms with van der Waals surface area (Å²) in [5, 5.41) is 0. The monoisotopic (exact) mass is 401 g/mol. The molecule has 0 aliphatic carbocycles. The van der Waals surface area contributed by atoms with Crippen LogP contribution in [0.3, 0.4) is 0 Å². The standard InChI is InChI=1S/C18H22F3N3O2S/c1-22(2)13-17(26)24-11-9-23(10-12-24)16(25)8-5-14-3-6-15(7-4-14)27-18(19,20)21/h3-8H,9-13H2,1-2H3. The van der Waals surface area contributed by atoms with Crippen LogP contribution in [0.25, 0.3) is 6.08 Å². The minimum atomic E-state index is -4.32. The van der Waals surface area contributed by atoms with Gasteiger partial charge in [0.15, 0.2) is 0 Å². The maximum absolute atomic E-state index is 12.3. The average molecular weight is 401 g/mol. The maximum atomic E-state index is 12.3. The van der Waals surface area contributed by atoms with Gasteiger partial charge in [-0.1, -0.05) is 12.1 Å². The van der Waals surface area contributed by atoms with E-state index in [1.165, 1.54) is 30.3 Å². The van der Waals surface area contributed by atoms with Gasteiger partial charge in [0.05, 0.1) is 6.54 Å². The Morgan fingerprint density at radius 2 is 1.63 bits per heavy atom. The van der Waals surface area contributed by atoms with Crippen molar-refractivity contribution in [2.75, 3.05) is 46.8 Å². The lowest BCUT2D eigenvalue weighted by Gasteiger charge is -2.34. The van der Waals surface area contributed by atoms with E-state index in [0.29, 0.717) is 38.3 Å². The highest BCUT2D eigenvalue weighted by Gasteiger charge is 2.29. The zero-order valence-electron chi connectivity index (χ0n) is 15.2. The summed E-state index contributed by atoms with van der Waals surface area (Å²) >= 11 is -0.172. The van der Waals surface area contributed by atoms with Gasteiger partial charge < -0.3 is 14.7 Å². The molecule has 0 aromatic heterocycles. The molecule has 0 atom stereocenters. The van der Waals surface area contributed by atoms with E-state index < -0.39 is 5.51 Å². The smallest absolute Gasteiger partial charge is 0.338 e. The van der Waals surface area contributed by atoms with Gasteiger partial charge in [-0.15, -0.1) is 0 Å². The van der Waals surface area contributed by atoms with Crippen LogP contribution in [0, 0.1) is 0 Å². The lowest BCUT2D eigenvalue weighted by atomic mass is 10.2. The quantitative estimate of drug-likeness (QED) is 0.562. The highest BCUT2D eigenvalue weighted by molar-refractivity contribution is 8.00. The van der Waals surface area contributed by atoms with Crippen LogP contribution in [-0.2, 0) is 9.59 Å². The van der Waals surface area contributed by atoms with Crippen molar-refractivity contribution in [1.29, 1.82) is 0 Å². The third-order valence-corrected chi connectivity index (χ3v) is 4.67. The molecule has 0 radical (unpaired) electrons. The number of carbonyl (C=O) groups excluding carboxylic acids is 2. The van der Waals surface area contributed by atoms with Gasteiger partial charge in [0.1, 0.15) is 0 Å². The Morgan fingerprint density at radius 3 is 2.15 bits per heavy atom. The second-order valence-corrected chi connectivity index (χ2v) is 7.53. The van der Waals surface area contributed by atoms with Crippen LogP contribution in [0.1, 0.15) is 5.56 Å². The Balaban J connectivity index is 1.84. The van der Waals surface area contributed by atoms with E-state index in [0.717, 1.165) is 0 Å². The molecule has 1 saturated heterocycles. The fourth-order valence-corrected chi connectivity index (χ4v) is 3.14. The number of carbonyl (C=O) groups is 2. The molecule has 5 nitrogen and oxygen atoms in total. The molecule has 1 heterocycles. The van der Waals surface area contributed by atoms with Gasteiger partial charge >= 0.3 is 5.51 Å². The normalized spacial score (nSPS) is 15.6. The molecule has 1 aromatic rings. The van der Waals surface area contributed by atoms with Crippen molar-refractivity contribution >= 4 is 29.7 Å². The number of rotatable bonds is 5. The minimum absolute atomic E-state index is 0.0412. The first-order valence-corrected chi connectivity index (χ1v) is 9.21. The van der Waals surface area contributed by atoms with Crippen LogP contribution in [0.5, 0.6) is 0 Å². The summed E-state index contributed by atoms with van der Waals surface area (Å²) in [5.41, 5.74) is -3.67. The van der Waals surface area contributed by atoms with Crippen LogP contribution in [0.2, 0.25) is 0 Å². The van der Waals surface area contributed by atoms with Crippen molar-refractivity contribution in [3.63, 3.8) is 0 Å². The van der Waals surface area contributed by atoms with Crippen molar-refractivity contribution in [3.05, 3.63) is 35.9 Å². The lowest BCUT2D eigenvalue weighted by molar-refractivity contribution is -0.137. The third kappa shape index (κ3) is 7.26. The van der Waals surface area contributed by atoms with Gasteiger partial charge in [-0.3, -0.25) is 9.59 Å². The van der Waals surface area contributed by atoms with Crippen molar-refractivity contribution in [2.45, 2.75) is 10.4 Å². The molecule has 9 heteroatoms. The van der Waals surface area contributed by atoms with E-state index in [1.807, 2.05) is 14.1 Å². The average Bonchev–Trinajstić information content (AvgIpc) is 2.59. The van der Waals surface area contributed by atoms with E-state index in [2.05, 4.69) is 0 Å². The van der Waals surface area contributed by atoms with Crippen LogP contribution in [0.15, 0.2) is 35.2 Å². The maximum Gasteiger partial charge on any atom is 0.446 e. The fourth-order valence-electron chi connectivity index (χ4n) is 2.60. The molecular weight excluding hydrogens is 379 g/mol. The van der Waals surface area contributed by atoms with Crippen molar-refractivity contribution in [2.24, 2.45) is 0 Å². The van der Waals surface area contributed by atoms with Crippen LogP contribution >= 0.6 is 11.8 Å². The molecule has 1 aromatic carbocycles. The molecule has 0 unspecified atom stereocenters. The second kappa shape index (κ2) is 9.27. The number of nitrogens with zero attached hydrogens (tertiary/aromatic N) is 3. The topological polar surface area (TPSA) is 43.9 Å². The molecule has 1 aliphatic rings. The van der Waals surface area contributed by atoms with Gasteiger partial charge in [-0.25, -0.2) is 0 Å². The number of hydrogen-bond acceptors (Lipinski definition) is 4. The summed E-state index contributed by atoms with van der Waals surface area (Å²) in [4.78, 5) is 29.6. The Labute approximate surface area is 160 Å². The number of likely N-dealkylation sites (N-methyl/N-ethyl adjacent to an activating group) is 1. The summed E-state index contributed by atoms with van der Waals surface area (Å²) in [5.74, 6) is -0.136. The zero-order valence-corrected chi connectivity index (χ0v) is 16.0. The molecule has 1 fully saturated rings. The van der Waals surface area contributed by atoms with Gasteiger partial charge in [-0.2, -0.15) is 13.2 Å². The molecule has 27 heavy (non-hydrogen) atoms. The lowest BCUT2D eigenvalue weighted by Crippen LogP contribution is -2.51. The largest absolute Gasteiger partial charge is 0.446 e. The number of piperazine rings is 1. The molecule has 0 spiro atoms. The van der Waals surface area contributed by atoms with Crippen LogP contribution in [-0.4, -0.2) is 78.8 Å². The molecule has 0 N–H and O–H groups in total. The Bertz CT molecular complexity index is 682. The molecule has 1 aliphatic heterocycles. The number of alkyl halides is 3. The van der Waals surface area contributed by atoms with E-state index >= 15 is 0 Å². The zero-order chi connectivity index (χ0) is 20.0. The predicted octanol–water partition coefficient (Wildman–Crippen LogP) is 2.54. The van der Waals surface area contributed by atoms with E-state index in [1.54, 1.807) is 20.8 Å². The molecular formula is C18H22F3N3O2S. The number of benzene rings is 1. The first-order chi connectivity index (χ1) is 12.6. The minimum Gasteiger partial charge on any atom is -0.338 e. The Kier molecular flexibility index (Phi) is 7.32. The molecule has 148 valence electrons. The summed E-state index contributed by atoms with van der Waals surface area (Å²) in [6.45, 7) is 2.26. The van der Waals surface area contributed by atoms with Crippen molar-refractivity contribution < 1.29 is 22.8 Å². The predicted molar refractivity (Wildman–Crippen MR) is 99.1 cm³/mol. The third-order valence-electron chi connectivity index (χ3n) is 3.93. The summed E-state index contributed by atoms with van der Waals surface area (Å²) < 4.78 is 36.9. The van der Waals surface area contributed by atoms with Gasteiger partial charge in [-0.05, 0) is 49.6 Å². The van der Waals surface area contributed by atoms with Gasteiger partial charge in [0, 0.05) is 37.2 Å². The summed E-state index contributed by atoms with van der Waals surface area (Å²) in [6.07, 6.45) is 2.98. The summed E-state index contributed by atoms with van der Waals surface area (Å²) in [6, 6.07) is 5.82. The van der Waals surface area contributed by atoms with E-state index in [4.69, 9.17) is 0 Å². The first-order valence-electron chi connectivity index (χ1n) is 8.39. The SMILES string of the molecule is CN(C)CC(=O)N1CCN(C(=O)C=Cc2ccc(SC(F)(F)F)cc2)CC1. The van der Waals surface area contributed by atoms with E-state index in [9.17, 15) is 22.8 Å². The van der Waals surface area contributed by atoms with Crippen molar-refractivity contribution in [1.82, 2.24) is 14.7 Å². The Morgan fingerprint density at radius 1 is 1.07 bits per heavy atom. The summed E-state index contributed by atoms with van der Waals surface area (Å²) in [7, 11) is 3.66. The van der Waals surface area contributed by atoms with Gasteiger partial charge in [0.25, 0.3) is 0 Å². The fraction of sp³-hybridized carbons (Fsp3) is 0.444. The molecule has 2 amide bonds. The van der Waals surface area contributed by atoms with Crippen molar-refractivity contribution in [3.8, 4) is 0 Å². The molecule has 2 rings (SSSR count). The Hall–Kier alpha value is -2.00. The number of amides is 2. The van der Waals surface area contributed by atoms with Crippen LogP contribution < -0.4 is 0 Å². The van der Waals surface area contributed by atoms with E-state index in [-0.39, 0.29) is 28.5 Å². The second-order valence-electron chi connectivity index (χ2n) is 6.39. The highest BCUT2D eigenvalue weighted by atomic mass is 32.2. The van der Waals surface area contributed by atoms with Gasteiger partial charge in [0.2, 0.25) is 11.8 Å². The molecule has 0 saturated carbocycles. The number of halogens is 3. The highest BCUT2D eigenvalue weighted by Crippen LogP contribution is 2.36.